The molecule has 6 nitrogen and oxygen atoms in total. The maximum atomic E-state index is 6.08. The van der Waals surface area contributed by atoms with Gasteiger partial charge in [0, 0.05) is 17.0 Å². The largest absolute Gasteiger partial charge is 0.478 e. The summed E-state index contributed by atoms with van der Waals surface area (Å²) in [4.78, 5) is 4.76. The first-order chi connectivity index (χ1) is 15.1. The Hall–Kier alpha value is -3.54. The van der Waals surface area contributed by atoms with E-state index in [4.69, 9.17) is 9.72 Å². The Kier molecular flexibility index (Phi) is 6.36. The highest BCUT2D eigenvalue weighted by Gasteiger charge is 2.23. The molecule has 0 aliphatic rings. The predicted molar refractivity (Wildman–Crippen MR) is 122 cm³/mol. The first kappa shape index (κ1) is 20.7. The van der Waals surface area contributed by atoms with Gasteiger partial charge in [-0.3, -0.25) is 0 Å². The molecule has 0 aliphatic carbocycles. The van der Waals surface area contributed by atoms with E-state index < -0.39 is 0 Å². The molecular formula is C25H27N5O. The minimum atomic E-state index is -0.0878. The summed E-state index contributed by atoms with van der Waals surface area (Å²) in [6.07, 6.45) is 2.92. The van der Waals surface area contributed by atoms with Crippen LogP contribution in [0.4, 0.5) is 0 Å². The average molecular weight is 414 g/mol. The van der Waals surface area contributed by atoms with Crippen molar-refractivity contribution in [2.24, 2.45) is 0 Å². The van der Waals surface area contributed by atoms with Crippen LogP contribution in [-0.4, -0.2) is 32.2 Å². The van der Waals surface area contributed by atoms with Crippen molar-refractivity contribution < 1.29 is 4.74 Å². The minimum Gasteiger partial charge on any atom is -0.478 e. The number of tetrazole rings is 1. The Morgan fingerprint density at radius 2 is 1.55 bits per heavy atom. The summed E-state index contributed by atoms with van der Waals surface area (Å²) < 4.78 is 6.08. The molecular weight excluding hydrogens is 386 g/mol. The molecule has 1 N–H and O–H groups in total. The van der Waals surface area contributed by atoms with E-state index in [0.29, 0.717) is 12.5 Å². The SMILES string of the molecule is CC(C)(CCCCOc1cc(-c2ccccc2)cc(-c2ccccc2)n1)c1nnn[nH]1. The number of nitrogens with one attached hydrogen (secondary N) is 1. The van der Waals surface area contributed by atoms with E-state index in [2.05, 4.69) is 64.8 Å². The molecule has 158 valence electrons. The van der Waals surface area contributed by atoms with Crippen LogP contribution in [0.15, 0.2) is 72.8 Å². The second-order valence-electron chi connectivity index (χ2n) is 8.25. The number of aromatic amines is 1. The molecule has 0 unspecified atom stereocenters. The van der Waals surface area contributed by atoms with E-state index in [1.165, 1.54) is 0 Å². The Balaban J connectivity index is 1.44. The van der Waals surface area contributed by atoms with Crippen molar-refractivity contribution >= 4 is 0 Å². The number of H-pyrrole nitrogens is 1. The van der Waals surface area contributed by atoms with E-state index in [9.17, 15) is 0 Å². The highest BCUT2D eigenvalue weighted by molar-refractivity contribution is 5.71. The topological polar surface area (TPSA) is 76.6 Å². The lowest BCUT2D eigenvalue weighted by molar-refractivity contribution is 0.286. The number of aromatic nitrogens is 5. The van der Waals surface area contributed by atoms with E-state index in [1.807, 2.05) is 42.5 Å². The molecule has 0 amide bonds. The summed E-state index contributed by atoms with van der Waals surface area (Å²) in [5.41, 5.74) is 4.15. The van der Waals surface area contributed by atoms with Crippen molar-refractivity contribution in [1.82, 2.24) is 25.6 Å². The number of nitrogens with zero attached hydrogens (tertiary/aromatic N) is 4. The summed E-state index contributed by atoms with van der Waals surface area (Å²) >= 11 is 0. The molecule has 0 spiro atoms. The molecule has 0 bridgehead atoms. The number of ether oxygens (including phenoxy) is 1. The van der Waals surface area contributed by atoms with Crippen molar-refractivity contribution in [3.05, 3.63) is 78.6 Å². The van der Waals surface area contributed by atoms with Crippen LogP contribution in [0.2, 0.25) is 0 Å². The van der Waals surface area contributed by atoms with Gasteiger partial charge in [-0.05, 0) is 46.9 Å². The van der Waals surface area contributed by atoms with E-state index in [1.54, 1.807) is 0 Å². The quantitative estimate of drug-likeness (QED) is 0.369. The zero-order valence-corrected chi connectivity index (χ0v) is 18.0. The van der Waals surface area contributed by atoms with Gasteiger partial charge in [0.05, 0.1) is 12.3 Å². The Morgan fingerprint density at radius 3 is 2.23 bits per heavy atom. The molecule has 31 heavy (non-hydrogen) atoms. The van der Waals surface area contributed by atoms with Crippen molar-refractivity contribution in [3.63, 3.8) is 0 Å². The van der Waals surface area contributed by atoms with Gasteiger partial charge in [0.1, 0.15) is 0 Å². The monoisotopic (exact) mass is 413 g/mol. The second-order valence-corrected chi connectivity index (χ2v) is 8.25. The Morgan fingerprint density at radius 1 is 0.839 bits per heavy atom. The number of pyridine rings is 1. The fourth-order valence-corrected chi connectivity index (χ4v) is 3.54. The molecule has 0 saturated carbocycles. The maximum absolute atomic E-state index is 6.08. The molecule has 0 atom stereocenters. The van der Waals surface area contributed by atoms with Crippen LogP contribution in [0, 0.1) is 0 Å². The molecule has 2 heterocycles. The molecule has 4 rings (SSSR count). The predicted octanol–water partition coefficient (Wildman–Crippen LogP) is 5.46. The summed E-state index contributed by atoms with van der Waals surface area (Å²) in [5.74, 6) is 1.47. The third kappa shape index (κ3) is 5.34. The van der Waals surface area contributed by atoms with Gasteiger partial charge in [0.15, 0.2) is 5.82 Å². The van der Waals surface area contributed by atoms with Crippen molar-refractivity contribution in [3.8, 4) is 28.3 Å². The molecule has 2 aromatic heterocycles. The van der Waals surface area contributed by atoms with Crippen LogP contribution in [0.1, 0.15) is 38.9 Å². The number of hydrogen-bond acceptors (Lipinski definition) is 5. The van der Waals surface area contributed by atoms with Crippen LogP contribution in [0.3, 0.4) is 0 Å². The van der Waals surface area contributed by atoms with Gasteiger partial charge in [-0.25, -0.2) is 10.1 Å². The van der Waals surface area contributed by atoms with Gasteiger partial charge in [-0.2, -0.15) is 0 Å². The lowest BCUT2D eigenvalue weighted by atomic mass is 9.86. The standard InChI is InChI=1S/C25H27N5O/c1-25(2,24-27-29-30-28-24)15-9-10-16-31-23-18-21(19-11-5-3-6-12-19)17-22(26-23)20-13-7-4-8-14-20/h3-8,11-14,17-18H,9-10,15-16H2,1-2H3,(H,27,28,29,30). The minimum absolute atomic E-state index is 0.0878. The van der Waals surface area contributed by atoms with Crippen molar-refractivity contribution in [1.29, 1.82) is 0 Å². The number of hydrogen-bond donors (Lipinski definition) is 1. The molecule has 0 saturated heterocycles. The molecule has 2 aromatic carbocycles. The fourth-order valence-electron chi connectivity index (χ4n) is 3.54. The van der Waals surface area contributed by atoms with Crippen molar-refractivity contribution in [2.75, 3.05) is 6.61 Å². The van der Waals surface area contributed by atoms with Gasteiger partial charge >= 0.3 is 0 Å². The van der Waals surface area contributed by atoms with E-state index in [0.717, 1.165) is 47.5 Å². The number of benzene rings is 2. The first-order valence-corrected chi connectivity index (χ1v) is 10.6. The Bertz CT molecular complexity index is 1020. The summed E-state index contributed by atoms with van der Waals surface area (Å²) in [7, 11) is 0. The van der Waals surface area contributed by atoms with E-state index >= 15 is 0 Å². The highest BCUT2D eigenvalue weighted by Crippen LogP contribution is 2.29. The van der Waals surface area contributed by atoms with E-state index in [-0.39, 0.29) is 5.41 Å². The zero-order valence-electron chi connectivity index (χ0n) is 18.0. The molecule has 0 fully saturated rings. The van der Waals surface area contributed by atoms with Crippen LogP contribution in [0.25, 0.3) is 22.4 Å². The van der Waals surface area contributed by atoms with Crippen LogP contribution in [-0.2, 0) is 5.41 Å². The average Bonchev–Trinajstić information content (AvgIpc) is 3.36. The normalized spacial score (nSPS) is 11.4. The highest BCUT2D eigenvalue weighted by atomic mass is 16.5. The third-order valence-electron chi connectivity index (χ3n) is 5.41. The molecule has 6 heteroatoms. The van der Waals surface area contributed by atoms with Gasteiger partial charge in [-0.15, -0.1) is 5.10 Å². The third-order valence-corrected chi connectivity index (χ3v) is 5.41. The lowest BCUT2D eigenvalue weighted by Gasteiger charge is -2.20. The smallest absolute Gasteiger partial charge is 0.214 e. The number of unbranched alkanes of at least 4 members (excludes halogenated alkanes) is 1. The summed E-state index contributed by atoms with van der Waals surface area (Å²) in [6.45, 7) is 4.91. The fraction of sp³-hybridized carbons (Fsp3) is 0.280. The maximum Gasteiger partial charge on any atom is 0.214 e. The molecule has 0 aliphatic heterocycles. The zero-order chi connectivity index (χ0) is 21.5. The summed E-state index contributed by atoms with van der Waals surface area (Å²) in [5, 5.41) is 14.3. The number of rotatable bonds is 9. The van der Waals surface area contributed by atoms with Crippen LogP contribution < -0.4 is 4.74 Å². The van der Waals surface area contributed by atoms with Gasteiger partial charge < -0.3 is 4.74 Å². The van der Waals surface area contributed by atoms with Crippen LogP contribution >= 0.6 is 0 Å². The Labute approximate surface area is 182 Å². The van der Waals surface area contributed by atoms with Gasteiger partial charge in [0.25, 0.3) is 0 Å². The first-order valence-electron chi connectivity index (χ1n) is 10.6. The van der Waals surface area contributed by atoms with Gasteiger partial charge in [0.2, 0.25) is 5.88 Å². The summed E-state index contributed by atoms with van der Waals surface area (Å²) in [6, 6.07) is 24.7. The second kappa shape index (κ2) is 9.51. The lowest BCUT2D eigenvalue weighted by Crippen LogP contribution is -2.19. The molecule has 4 aromatic rings. The van der Waals surface area contributed by atoms with Crippen molar-refractivity contribution in [2.45, 2.75) is 38.5 Å². The van der Waals surface area contributed by atoms with Crippen LogP contribution in [0.5, 0.6) is 5.88 Å². The molecule has 0 radical (unpaired) electrons. The van der Waals surface area contributed by atoms with Gasteiger partial charge in [-0.1, -0.05) is 74.5 Å².